The third-order valence-electron chi connectivity index (χ3n) is 3.73. The number of benzene rings is 1. The van der Waals surface area contributed by atoms with E-state index in [0.29, 0.717) is 5.92 Å². The number of hydrogen-bond acceptors (Lipinski definition) is 2. The summed E-state index contributed by atoms with van der Waals surface area (Å²) in [5, 5.41) is 5.55. The third kappa shape index (κ3) is 3.11. The van der Waals surface area contributed by atoms with E-state index in [1.165, 1.54) is 23.8 Å². The van der Waals surface area contributed by atoms with Gasteiger partial charge in [0.2, 0.25) is 0 Å². The van der Waals surface area contributed by atoms with Gasteiger partial charge in [0.1, 0.15) is 0 Å². The molecule has 1 fully saturated rings. The number of fused-ring (bicyclic) bond motifs is 1. The van der Waals surface area contributed by atoms with Crippen molar-refractivity contribution in [1.29, 1.82) is 0 Å². The van der Waals surface area contributed by atoms with Gasteiger partial charge in [-0.15, -0.1) is 0 Å². The number of H-pyrrole nitrogens is 1. The molecule has 19 heavy (non-hydrogen) atoms. The summed E-state index contributed by atoms with van der Waals surface area (Å²) in [6, 6.07) is 5.99. The molecule has 102 valence electrons. The Morgan fingerprint density at radius 3 is 3.21 bits per heavy atom. The first-order chi connectivity index (χ1) is 9.33. The van der Waals surface area contributed by atoms with Gasteiger partial charge in [0, 0.05) is 41.8 Å². The van der Waals surface area contributed by atoms with Crippen LogP contribution in [0.4, 0.5) is 0 Å². The quantitative estimate of drug-likeness (QED) is 0.900. The van der Waals surface area contributed by atoms with Crippen LogP contribution in [0.3, 0.4) is 0 Å². The molecule has 1 aromatic heterocycles. The van der Waals surface area contributed by atoms with Crippen molar-refractivity contribution >= 4 is 22.5 Å². The molecule has 2 N–H and O–H groups in total. The number of ether oxygens (including phenoxy) is 1. The van der Waals surface area contributed by atoms with Gasteiger partial charge in [-0.25, -0.2) is 0 Å². The Balaban J connectivity index is 1.59. The Bertz CT molecular complexity index is 546. The van der Waals surface area contributed by atoms with Gasteiger partial charge in [0.25, 0.3) is 0 Å². The predicted molar refractivity (Wildman–Crippen MR) is 78.6 cm³/mol. The van der Waals surface area contributed by atoms with Gasteiger partial charge in [-0.3, -0.25) is 0 Å². The molecular weight excluding hydrogens is 260 g/mol. The van der Waals surface area contributed by atoms with Crippen LogP contribution in [0.1, 0.15) is 18.4 Å². The number of nitrogens with one attached hydrogen (secondary N) is 2. The second-order valence-corrected chi connectivity index (χ2v) is 5.65. The SMILES string of the molecule is Clc1ccc2c(CNCC3CCCOC3)c[nH]c2c1. The second-order valence-electron chi connectivity index (χ2n) is 5.22. The summed E-state index contributed by atoms with van der Waals surface area (Å²) in [6.07, 6.45) is 4.53. The lowest BCUT2D eigenvalue weighted by Gasteiger charge is -2.22. The molecule has 0 saturated carbocycles. The maximum atomic E-state index is 5.98. The van der Waals surface area contributed by atoms with Crippen LogP contribution in [-0.4, -0.2) is 24.7 Å². The van der Waals surface area contributed by atoms with Crippen molar-refractivity contribution in [3.05, 3.63) is 35.0 Å². The molecule has 0 radical (unpaired) electrons. The number of aromatic amines is 1. The van der Waals surface area contributed by atoms with Crippen LogP contribution < -0.4 is 5.32 Å². The predicted octanol–water partition coefficient (Wildman–Crippen LogP) is 3.34. The lowest BCUT2D eigenvalue weighted by atomic mass is 10.0. The monoisotopic (exact) mass is 278 g/mol. The lowest BCUT2D eigenvalue weighted by Crippen LogP contribution is -2.28. The zero-order valence-corrected chi connectivity index (χ0v) is 11.7. The molecule has 0 bridgehead atoms. The summed E-state index contributed by atoms with van der Waals surface area (Å²) in [7, 11) is 0. The van der Waals surface area contributed by atoms with Gasteiger partial charge in [0.15, 0.2) is 0 Å². The van der Waals surface area contributed by atoms with Crippen molar-refractivity contribution in [2.75, 3.05) is 19.8 Å². The molecule has 1 saturated heterocycles. The van der Waals surface area contributed by atoms with E-state index in [-0.39, 0.29) is 0 Å². The Morgan fingerprint density at radius 2 is 2.37 bits per heavy atom. The van der Waals surface area contributed by atoms with Crippen LogP contribution in [0.2, 0.25) is 5.02 Å². The second kappa shape index (κ2) is 5.95. The fraction of sp³-hybridized carbons (Fsp3) is 0.467. The van der Waals surface area contributed by atoms with Gasteiger partial charge >= 0.3 is 0 Å². The van der Waals surface area contributed by atoms with Crippen molar-refractivity contribution < 1.29 is 4.74 Å². The highest BCUT2D eigenvalue weighted by Crippen LogP contribution is 2.22. The number of rotatable bonds is 4. The van der Waals surface area contributed by atoms with Gasteiger partial charge in [0.05, 0.1) is 6.61 Å². The van der Waals surface area contributed by atoms with E-state index < -0.39 is 0 Å². The van der Waals surface area contributed by atoms with E-state index in [9.17, 15) is 0 Å². The van der Waals surface area contributed by atoms with Crippen LogP contribution in [-0.2, 0) is 11.3 Å². The van der Waals surface area contributed by atoms with Crippen molar-refractivity contribution in [1.82, 2.24) is 10.3 Å². The van der Waals surface area contributed by atoms with Crippen molar-refractivity contribution in [2.45, 2.75) is 19.4 Å². The maximum Gasteiger partial charge on any atom is 0.0506 e. The van der Waals surface area contributed by atoms with Crippen LogP contribution in [0.5, 0.6) is 0 Å². The van der Waals surface area contributed by atoms with Crippen LogP contribution >= 0.6 is 11.6 Å². The molecule has 1 aromatic carbocycles. The molecule has 1 aliphatic rings. The van der Waals surface area contributed by atoms with E-state index in [2.05, 4.69) is 22.6 Å². The molecule has 4 heteroatoms. The molecule has 3 rings (SSSR count). The first-order valence-corrected chi connectivity index (χ1v) is 7.25. The van der Waals surface area contributed by atoms with Gasteiger partial charge < -0.3 is 15.0 Å². The largest absolute Gasteiger partial charge is 0.381 e. The molecule has 3 nitrogen and oxygen atoms in total. The van der Waals surface area contributed by atoms with Crippen LogP contribution in [0, 0.1) is 5.92 Å². The molecular formula is C15H19ClN2O. The van der Waals surface area contributed by atoms with Gasteiger partial charge in [-0.05, 0) is 36.5 Å². The number of halogens is 1. The molecule has 1 unspecified atom stereocenters. The summed E-state index contributed by atoms with van der Waals surface area (Å²) in [5.74, 6) is 0.661. The summed E-state index contributed by atoms with van der Waals surface area (Å²) >= 11 is 5.98. The molecule has 2 heterocycles. The topological polar surface area (TPSA) is 37.0 Å². The van der Waals surface area contributed by atoms with Crippen LogP contribution in [0.25, 0.3) is 10.9 Å². The molecule has 0 aliphatic carbocycles. The van der Waals surface area contributed by atoms with Crippen molar-refractivity contribution in [3.8, 4) is 0 Å². The Kier molecular flexibility index (Phi) is 4.06. The molecule has 1 atom stereocenters. The minimum Gasteiger partial charge on any atom is -0.381 e. The zero-order chi connectivity index (χ0) is 13.1. The first kappa shape index (κ1) is 13.0. The highest BCUT2D eigenvalue weighted by molar-refractivity contribution is 6.31. The minimum absolute atomic E-state index is 0.661. The van der Waals surface area contributed by atoms with Gasteiger partial charge in [-0.1, -0.05) is 17.7 Å². The van der Waals surface area contributed by atoms with Crippen molar-refractivity contribution in [2.24, 2.45) is 5.92 Å². The van der Waals surface area contributed by atoms with E-state index in [0.717, 1.165) is 36.8 Å². The summed E-state index contributed by atoms with van der Waals surface area (Å²) < 4.78 is 5.49. The zero-order valence-electron chi connectivity index (χ0n) is 10.9. The van der Waals surface area contributed by atoms with E-state index in [4.69, 9.17) is 16.3 Å². The first-order valence-electron chi connectivity index (χ1n) is 6.87. The lowest BCUT2D eigenvalue weighted by molar-refractivity contribution is 0.0547. The fourth-order valence-corrected chi connectivity index (χ4v) is 2.86. The molecule has 0 spiro atoms. The smallest absolute Gasteiger partial charge is 0.0506 e. The van der Waals surface area contributed by atoms with Crippen LogP contribution in [0.15, 0.2) is 24.4 Å². The average Bonchev–Trinajstić information content (AvgIpc) is 2.82. The summed E-state index contributed by atoms with van der Waals surface area (Å²) in [6.45, 7) is 3.74. The molecule has 1 aliphatic heterocycles. The standard InChI is InChI=1S/C15H19ClN2O/c16-13-3-4-14-12(9-18-15(14)6-13)8-17-7-11-2-1-5-19-10-11/h3-4,6,9,11,17-18H,1-2,5,7-8,10H2. The normalized spacial score (nSPS) is 19.9. The molecule has 0 amide bonds. The van der Waals surface area contributed by atoms with Gasteiger partial charge in [-0.2, -0.15) is 0 Å². The molecule has 2 aromatic rings. The third-order valence-corrected chi connectivity index (χ3v) is 3.97. The average molecular weight is 279 g/mol. The summed E-state index contributed by atoms with van der Waals surface area (Å²) in [4.78, 5) is 3.27. The minimum atomic E-state index is 0.661. The van der Waals surface area contributed by atoms with E-state index >= 15 is 0 Å². The fourth-order valence-electron chi connectivity index (χ4n) is 2.68. The Morgan fingerprint density at radius 1 is 1.42 bits per heavy atom. The summed E-state index contributed by atoms with van der Waals surface area (Å²) in [5.41, 5.74) is 2.40. The Hall–Kier alpha value is -1.03. The van der Waals surface area contributed by atoms with Crippen molar-refractivity contribution in [3.63, 3.8) is 0 Å². The van der Waals surface area contributed by atoms with E-state index in [1.54, 1.807) is 0 Å². The number of aromatic nitrogens is 1. The number of hydrogen-bond donors (Lipinski definition) is 2. The van der Waals surface area contributed by atoms with E-state index in [1.807, 2.05) is 12.1 Å². The Labute approximate surface area is 118 Å². The maximum absolute atomic E-state index is 5.98. The highest BCUT2D eigenvalue weighted by Gasteiger charge is 2.13. The highest BCUT2D eigenvalue weighted by atomic mass is 35.5.